The Morgan fingerprint density at radius 1 is 1.05 bits per heavy atom. The maximum absolute atomic E-state index is 13.7. The molecule has 2 rings (SSSR count). The van der Waals surface area contributed by atoms with Crippen LogP contribution in [-0.4, -0.2) is 5.91 Å². The minimum absolute atomic E-state index is 0.365. The summed E-state index contributed by atoms with van der Waals surface area (Å²) in [6.07, 6.45) is 0. The first kappa shape index (κ1) is 15.2. The Hall–Kier alpha value is -2.21. The third-order valence-electron chi connectivity index (χ3n) is 2.79. The molecule has 0 spiro atoms. The van der Waals surface area contributed by atoms with Crippen LogP contribution in [0.3, 0.4) is 0 Å². The van der Waals surface area contributed by atoms with Crippen LogP contribution in [0.2, 0.25) is 5.02 Å². The lowest BCUT2D eigenvalue weighted by Crippen LogP contribution is -2.28. The molecule has 2 aromatic rings. The van der Waals surface area contributed by atoms with Crippen LogP contribution >= 0.6 is 11.6 Å². The molecule has 0 aromatic heterocycles. The molecule has 1 unspecified atom stereocenters. The average molecular weight is 315 g/mol. The molecule has 0 radical (unpaired) electrons. The molecule has 3 N–H and O–H groups in total. The molecule has 0 bridgehead atoms. The van der Waals surface area contributed by atoms with Gasteiger partial charge in [-0.3, -0.25) is 4.79 Å². The molecule has 0 heterocycles. The van der Waals surface area contributed by atoms with Gasteiger partial charge in [0.1, 0.15) is 11.9 Å². The van der Waals surface area contributed by atoms with Gasteiger partial charge in [0.2, 0.25) is 5.91 Å². The molecule has 0 saturated carbocycles. The molecule has 110 valence electrons. The number of nitrogens with two attached hydrogens (primary N) is 1. The average Bonchev–Trinajstić information content (AvgIpc) is 2.42. The summed E-state index contributed by atoms with van der Waals surface area (Å²) in [4.78, 5) is 11.5. The molecule has 3 nitrogen and oxygen atoms in total. The summed E-state index contributed by atoms with van der Waals surface area (Å²) in [5, 5.41) is 3.11. The maximum Gasteiger partial charge on any atom is 0.244 e. The van der Waals surface area contributed by atoms with Crippen molar-refractivity contribution in [3.63, 3.8) is 0 Å². The third-order valence-corrected chi connectivity index (χ3v) is 3.04. The van der Waals surface area contributed by atoms with Gasteiger partial charge in [-0.1, -0.05) is 11.6 Å². The van der Waals surface area contributed by atoms with Crippen molar-refractivity contribution in [2.24, 2.45) is 5.73 Å². The first-order valence-corrected chi connectivity index (χ1v) is 6.22. The summed E-state index contributed by atoms with van der Waals surface area (Å²) in [5.41, 5.74) is 5.24. The van der Waals surface area contributed by atoms with Gasteiger partial charge in [-0.15, -0.1) is 0 Å². The SMILES string of the molecule is NC(=O)C(Nc1ccc(Cl)cc1)c1cc(F)c(F)cc1F. The highest BCUT2D eigenvalue weighted by Crippen LogP contribution is 2.25. The van der Waals surface area contributed by atoms with Crippen molar-refractivity contribution in [2.45, 2.75) is 6.04 Å². The smallest absolute Gasteiger partial charge is 0.244 e. The quantitative estimate of drug-likeness (QED) is 0.850. The molecule has 0 aliphatic rings. The normalized spacial score (nSPS) is 12.0. The fourth-order valence-electron chi connectivity index (χ4n) is 1.77. The summed E-state index contributed by atoms with van der Waals surface area (Å²) in [6.45, 7) is 0. The van der Waals surface area contributed by atoms with Gasteiger partial charge in [0.25, 0.3) is 0 Å². The zero-order valence-corrected chi connectivity index (χ0v) is 11.3. The highest BCUT2D eigenvalue weighted by Gasteiger charge is 2.23. The lowest BCUT2D eigenvalue weighted by molar-refractivity contribution is -0.118. The molecule has 1 amide bonds. The maximum atomic E-state index is 13.7. The van der Waals surface area contributed by atoms with Gasteiger partial charge in [0, 0.05) is 22.3 Å². The minimum atomic E-state index is -1.35. The number of carbonyl (C=O) groups excluding carboxylic acids is 1. The van der Waals surface area contributed by atoms with E-state index in [1.807, 2.05) is 0 Å². The number of halogens is 4. The van der Waals surface area contributed by atoms with Crippen molar-refractivity contribution < 1.29 is 18.0 Å². The van der Waals surface area contributed by atoms with E-state index in [0.29, 0.717) is 22.8 Å². The molecule has 0 fully saturated rings. The van der Waals surface area contributed by atoms with E-state index in [1.165, 1.54) is 12.1 Å². The summed E-state index contributed by atoms with van der Waals surface area (Å²) in [5.74, 6) is -4.62. The van der Waals surface area contributed by atoms with Crippen molar-refractivity contribution in [1.29, 1.82) is 0 Å². The molecule has 0 aliphatic carbocycles. The molecule has 0 aliphatic heterocycles. The highest BCUT2D eigenvalue weighted by molar-refractivity contribution is 6.30. The van der Waals surface area contributed by atoms with Crippen molar-refractivity contribution in [2.75, 3.05) is 5.32 Å². The summed E-state index contributed by atoms with van der Waals surface area (Å²) in [7, 11) is 0. The lowest BCUT2D eigenvalue weighted by atomic mass is 10.0. The molecular weight excluding hydrogens is 305 g/mol. The number of nitrogens with one attached hydrogen (secondary N) is 1. The Bertz CT molecular complexity index is 677. The second-order valence-electron chi connectivity index (χ2n) is 4.27. The van der Waals surface area contributed by atoms with E-state index in [2.05, 4.69) is 5.32 Å². The molecular formula is C14H10ClF3N2O. The number of primary amides is 1. The number of carbonyl (C=O) groups is 1. The molecule has 1 atom stereocenters. The Kier molecular flexibility index (Phi) is 4.37. The molecule has 0 saturated heterocycles. The van der Waals surface area contributed by atoms with Crippen LogP contribution in [0.15, 0.2) is 36.4 Å². The zero-order valence-electron chi connectivity index (χ0n) is 10.5. The van der Waals surface area contributed by atoms with E-state index in [1.54, 1.807) is 12.1 Å². The largest absolute Gasteiger partial charge is 0.370 e. The van der Waals surface area contributed by atoms with E-state index >= 15 is 0 Å². The number of amides is 1. The topological polar surface area (TPSA) is 55.1 Å². The second kappa shape index (κ2) is 6.05. The van der Waals surface area contributed by atoms with Crippen molar-refractivity contribution >= 4 is 23.2 Å². The van der Waals surface area contributed by atoms with Gasteiger partial charge >= 0.3 is 0 Å². The van der Waals surface area contributed by atoms with Crippen LogP contribution < -0.4 is 11.1 Å². The van der Waals surface area contributed by atoms with E-state index in [-0.39, 0.29) is 5.56 Å². The fourth-order valence-corrected chi connectivity index (χ4v) is 1.90. The summed E-state index contributed by atoms with van der Waals surface area (Å²) >= 11 is 5.72. The Morgan fingerprint density at radius 2 is 1.62 bits per heavy atom. The van der Waals surface area contributed by atoms with E-state index < -0.39 is 29.4 Å². The number of benzene rings is 2. The zero-order chi connectivity index (χ0) is 15.6. The monoisotopic (exact) mass is 314 g/mol. The van der Waals surface area contributed by atoms with Gasteiger partial charge in [-0.25, -0.2) is 13.2 Å². The first-order valence-electron chi connectivity index (χ1n) is 5.84. The van der Waals surface area contributed by atoms with Crippen LogP contribution in [0.1, 0.15) is 11.6 Å². The third kappa shape index (κ3) is 3.46. The van der Waals surface area contributed by atoms with Gasteiger partial charge in [0.05, 0.1) is 0 Å². The Morgan fingerprint density at radius 3 is 2.19 bits per heavy atom. The first-order chi connectivity index (χ1) is 9.88. The Balaban J connectivity index is 2.38. The Labute approximate surface area is 123 Å². The van der Waals surface area contributed by atoms with Crippen LogP contribution in [0.25, 0.3) is 0 Å². The summed E-state index contributed by atoms with van der Waals surface area (Å²) in [6, 6.07) is 5.79. The fraction of sp³-hybridized carbons (Fsp3) is 0.0714. The van der Waals surface area contributed by atoms with Gasteiger partial charge in [-0.2, -0.15) is 0 Å². The van der Waals surface area contributed by atoms with Crippen molar-refractivity contribution in [3.8, 4) is 0 Å². The molecule has 21 heavy (non-hydrogen) atoms. The second-order valence-corrected chi connectivity index (χ2v) is 4.71. The molecule has 2 aromatic carbocycles. The van der Waals surface area contributed by atoms with E-state index in [9.17, 15) is 18.0 Å². The number of hydrogen-bond donors (Lipinski definition) is 2. The van der Waals surface area contributed by atoms with Gasteiger partial charge in [0.15, 0.2) is 11.6 Å². The van der Waals surface area contributed by atoms with Crippen molar-refractivity contribution in [3.05, 3.63) is 64.4 Å². The van der Waals surface area contributed by atoms with E-state index in [0.717, 1.165) is 0 Å². The number of anilines is 1. The van der Waals surface area contributed by atoms with E-state index in [4.69, 9.17) is 17.3 Å². The van der Waals surface area contributed by atoms with Crippen LogP contribution in [-0.2, 0) is 4.79 Å². The van der Waals surface area contributed by atoms with Crippen LogP contribution in [0, 0.1) is 17.5 Å². The lowest BCUT2D eigenvalue weighted by Gasteiger charge is -2.18. The summed E-state index contributed by atoms with van der Waals surface area (Å²) < 4.78 is 39.9. The predicted molar refractivity (Wildman–Crippen MR) is 73.3 cm³/mol. The van der Waals surface area contributed by atoms with Crippen LogP contribution in [0.5, 0.6) is 0 Å². The number of rotatable bonds is 4. The standard InChI is InChI=1S/C14H10ClF3N2O/c15-7-1-3-8(4-2-7)20-13(14(19)21)9-5-11(17)12(18)6-10(9)16/h1-6,13,20H,(H2,19,21). The van der Waals surface area contributed by atoms with Crippen LogP contribution in [0.4, 0.5) is 18.9 Å². The minimum Gasteiger partial charge on any atom is -0.370 e. The number of hydrogen-bond acceptors (Lipinski definition) is 2. The van der Waals surface area contributed by atoms with Gasteiger partial charge in [-0.05, 0) is 30.3 Å². The van der Waals surface area contributed by atoms with Crippen molar-refractivity contribution in [1.82, 2.24) is 0 Å². The predicted octanol–water partition coefficient (Wildman–Crippen LogP) is 3.40. The highest BCUT2D eigenvalue weighted by atomic mass is 35.5. The van der Waals surface area contributed by atoms with Gasteiger partial charge < -0.3 is 11.1 Å². The molecule has 7 heteroatoms.